The summed E-state index contributed by atoms with van der Waals surface area (Å²) in [5.74, 6) is 0. The van der Waals surface area contributed by atoms with Crippen molar-refractivity contribution in [2.24, 2.45) is 0 Å². The maximum Gasteiger partial charge on any atom is 0.435 e. The van der Waals surface area contributed by atoms with Gasteiger partial charge in [0.1, 0.15) is 5.65 Å². The predicted molar refractivity (Wildman–Crippen MR) is 92.3 cm³/mol. The minimum atomic E-state index is -4.65. The summed E-state index contributed by atoms with van der Waals surface area (Å²) in [4.78, 5) is 18.0. The number of fused-ring (bicyclic) bond motifs is 1. The molecule has 0 aromatic carbocycles. The van der Waals surface area contributed by atoms with Crippen LogP contribution >= 0.6 is 11.3 Å². The molecule has 0 amide bonds. The van der Waals surface area contributed by atoms with E-state index < -0.39 is 17.4 Å². The molecule has 1 saturated heterocycles. The van der Waals surface area contributed by atoms with Crippen LogP contribution in [0.15, 0.2) is 28.4 Å². The fourth-order valence-electron chi connectivity index (χ4n) is 3.14. The Morgan fingerprint density at radius 3 is 2.69 bits per heavy atom. The molecule has 6 nitrogen and oxygen atoms in total. The first-order chi connectivity index (χ1) is 12.4. The van der Waals surface area contributed by atoms with Gasteiger partial charge in [-0.15, -0.1) is 11.3 Å². The quantitative estimate of drug-likeness (QED) is 0.728. The third-order valence-electron chi connectivity index (χ3n) is 4.31. The van der Waals surface area contributed by atoms with E-state index in [4.69, 9.17) is 0 Å². The number of aromatic amines is 1. The number of rotatable bonds is 3. The molecule has 3 aromatic rings. The highest BCUT2D eigenvalue weighted by atomic mass is 32.1. The summed E-state index contributed by atoms with van der Waals surface area (Å²) in [6.07, 6.45) is -4.65. The summed E-state index contributed by atoms with van der Waals surface area (Å²) in [7, 11) is 0. The fraction of sp³-hybridized carbons (Fsp3) is 0.375. The molecule has 2 N–H and O–H groups in total. The van der Waals surface area contributed by atoms with Gasteiger partial charge < -0.3 is 10.3 Å². The molecular formula is C16H16F3N5OS. The predicted octanol–water partition coefficient (Wildman–Crippen LogP) is 2.18. The van der Waals surface area contributed by atoms with Crippen molar-refractivity contribution in [1.29, 1.82) is 0 Å². The molecule has 4 rings (SSSR count). The van der Waals surface area contributed by atoms with E-state index in [0.717, 1.165) is 30.7 Å². The number of aromatic nitrogens is 3. The van der Waals surface area contributed by atoms with Crippen LogP contribution in [0.5, 0.6) is 0 Å². The summed E-state index contributed by atoms with van der Waals surface area (Å²) in [5.41, 5.74) is -1.04. The van der Waals surface area contributed by atoms with Gasteiger partial charge in [0.25, 0.3) is 5.56 Å². The summed E-state index contributed by atoms with van der Waals surface area (Å²) < 4.78 is 41.2. The smallest absolute Gasteiger partial charge is 0.342 e. The van der Waals surface area contributed by atoms with Gasteiger partial charge in [0, 0.05) is 49.4 Å². The van der Waals surface area contributed by atoms with E-state index in [0.29, 0.717) is 17.1 Å². The van der Waals surface area contributed by atoms with Crippen LogP contribution in [-0.2, 0) is 12.7 Å². The number of H-pyrrole nitrogens is 1. The molecule has 26 heavy (non-hydrogen) atoms. The number of alkyl halides is 3. The fourth-order valence-corrected chi connectivity index (χ4v) is 3.91. The third kappa shape index (κ3) is 3.15. The molecule has 1 fully saturated rings. The maximum absolute atomic E-state index is 13.5. The molecule has 0 radical (unpaired) electrons. The first-order valence-corrected chi connectivity index (χ1v) is 9.00. The summed E-state index contributed by atoms with van der Waals surface area (Å²) in [5, 5.41) is 8.49. The second kappa shape index (κ2) is 6.53. The summed E-state index contributed by atoms with van der Waals surface area (Å²) in [6.45, 7) is 3.80. The van der Waals surface area contributed by atoms with Crippen molar-refractivity contribution in [2.45, 2.75) is 12.7 Å². The minimum absolute atomic E-state index is 0.0771. The van der Waals surface area contributed by atoms with Gasteiger partial charge in [-0.25, -0.2) is 0 Å². The number of nitrogens with zero attached hydrogens (tertiary/aromatic N) is 3. The Hall–Kier alpha value is -2.17. The van der Waals surface area contributed by atoms with E-state index in [-0.39, 0.29) is 11.2 Å². The van der Waals surface area contributed by atoms with Crippen LogP contribution in [0.1, 0.15) is 11.4 Å². The normalized spacial score (nSPS) is 16.4. The number of nitrogens with one attached hydrogen (secondary N) is 2. The van der Waals surface area contributed by atoms with Crippen LogP contribution < -0.4 is 10.9 Å². The topological polar surface area (TPSA) is 65.4 Å². The van der Waals surface area contributed by atoms with Crippen molar-refractivity contribution >= 4 is 17.0 Å². The first-order valence-electron chi connectivity index (χ1n) is 8.12. The van der Waals surface area contributed by atoms with E-state index in [9.17, 15) is 18.0 Å². The molecule has 0 bridgehead atoms. The van der Waals surface area contributed by atoms with Crippen molar-refractivity contribution in [2.75, 3.05) is 26.2 Å². The van der Waals surface area contributed by atoms with Gasteiger partial charge in [0.2, 0.25) is 0 Å². The molecule has 0 spiro atoms. The van der Waals surface area contributed by atoms with E-state index in [1.165, 1.54) is 17.4 Å². The number of hydrogen-bond donors (Lipinski definition) is 2. The molecular weight excluding hydrogens is 367 g/mol. The Labute approximate surface area is 150 Å². The molecule has 1 aliphatic heterocycles. The Kier molecular flexibility index (Phi) is 4.33. The van der Waals surface area contributed by atoms with Crippen LogP contribution in [0.25, 0.3) is 16.1 Å². The van der Waals surface area contributed by atoms with Crippen LogP contribution in [0.3, 0.4) is 0 Å². The summed E-state index contributed by atoms with van der Waals surface area (Å²) in [6, 6.07) is 4.59. The van der Waals surface area contributed by atoms with Crippen molar-refractivity contribution in [3.8, 4) is 10.4 Å². The monoisotopic (exact) mass is 383 g/mol. The van der Waals surface area contributed by atoms with E-state index in [1.54, 1.807) is 17.5 Å². The highest BCUT2D eigenvalue weighted by molar-refractivity contribution is 7.13. The molecule has 0 aliphatic carbocycles. The van der Waals surface area contributed by atoms with E-state index in [1.807, 2.05) is 0 Å². The first kappa shape index (κ1) is 17.3. The average Bonchev–Trinajstić information content (AvgIpc) is 3.22. The number of hydrogen-bond acceptors (Lipinski definition) is 5. The second-order valence-electron chi connectivity index (χ2n) is 6.12. The van der Waals surface area contributed by atoms with Crippen LogP contribution in [0, 0.1) is 0 Å². The lowest BCUT2D eigenvalue weighted by atomic mass is 10.2. The molecule has 3 aromatic heterocycles. The largest absolute Gasteiger partial charge is 0.435 e. The van der Waals surface area contributed by atoms with Gasteiger partial charge in [-0.2, -0.15) is 22.8 Å². The number of thiophene rings is 1. The molecule has 1 aliphatic rings. The van der Waals surface area contributed by atoms with Crippen molar-refractivity contribution in [3.05, 3.63) is 45.3 Å². The lowest BCUT2D eigenvalue weighted by Gasteiger charge is -2.26. The zero-order valence-corrected chi connectivity index (χ0v) is 14.5. The highest BCUT2D eigenvalue weighted by Crippen LogP contribution is 2.39. The minimum Gasteiger partial charge on any atom is -0.342 e. The molecule has 4 heterocycles. The second-order valence-corrected chi connectivity index (χ2v) is 7.07. The highest BCUT2D eigenvalue weighted by Gasteiger charge is 2.39. The molecule has 0 atom stereocenters. The van der Waals surface area contributed by atoms with Crippen molar-refractivity contribution < 1.29 is 13.2 Å². The van der Waals surface area contributed by atoms with Gasteiger partial charge in [-0.05, 0) is 11.4 Å². The average molecular weight is 383 g/mol. The number of halogens is 3. The van der Waals surface area contributed by atoms with E-state index >= 15 is 0 Å². The Bertz CT molecular complexity index is 970. The molecule has 0 unspecified atom stereocenters. The molecule has 10 heteroatoms. The Morgan fingerprint density at radius 1 is 1.27 bits per heavy atom. The van der Waals surface area contributed by atoms with Gasteiger partial charge in [0.05, 0.1) is 5.56 Å². The van der Waals surface area contributed by atoms with Gasteiger partial charge >= 0.3 is 6.18 Å². The van der Waals surface area contributed by atoms with Gasteiger partial charge in [-0.1, -0.05) is 6.07 Å². The third-order valence-corrected chi connectivity index (χ3v) is 5.20. The Balaban J connectivity index is 1.86. The van der Waals surface area contributed by atoms with Gasteiger partial charge in [0.15, 0.2) is 5.69 Å². The van der Waals surface area contributed by atoms with E-state index in [2.05, 4.69) is 20.3 Å². The Morgan fingerprint density at radius 2 is 2.04 bits per heavy atom. The van der Waals surface area contributed by atoms with Crippen LogP contribution in [0.4, 0.5) is 13.2 Å². The zero-order chi connectivity index (χ0) is 18.3. The standard InChI is InChI=1S/C16H16F3N5OS/c17-16(18,19)14-13(11-2-1-7-26-11)15-21-10(8-12(25)24(15)22-14)9-23-5-3-20-4-6-23/h1-2,7-8,20-21H,3-6,9H2. The lowest BCUT2D eigenvalue weighted by Crippen LogP contribution is -2.43. The van der Waals surface area contributed by atoms with Crippen LogP contribution in [-0.4, -0.2) is 45.7 Å². The summed E-state index contributed by atoms with van der Waals surface area (Å²) >= 11 is 1.18. The zero-order valence-electron chi connectivity index (χ0n) is 13.6. The van der Waals surface area contributed by atoms with Crippen molar-refractivity contribution in [3.63, 3.8) is 0 Å². The van der Waals surface area contributed by atoms with Crippen molar-refractivity contribution in [1.82, 2.24) is 24.8 Å². The van der Waals surface area contributed by atoms with Gasteiger partial charge in [-0.3, -0.25) is 9.69 Å². The lowest BCUT2D eigenvalue weighted by molar-refractivity contribution is -0.140. The van der Waals surface area contributed by atoms with Crippen LogP contribution in [0.2, 0.25) is 0 Å². The molecule has 138 valence electrons. The number of piperazine rings is 1. The maximum atomic E-state index is 13.5. The SMILES string of the molecule is O=c1cc(CN2CCNCC2)[nH]c2c(-c3cccs3)c(C(F)(F)F)nn12. The molecule has 0 saturated carbocycles.